The van der Waals surface area contributed by atoms with Crippen LogP contribution in [0.5, 0.6) is 0 Å². The number of hydrogen-bond donors (Lipinski definition) is 3. The van der Waals surface area contributed by atoms with Gasteiger partial charge in [0.25, 0.3) is 0 Å². The van der Waals surface area contributed by atoms with Gasteiger partial charge in [-0.15, -0.1) is 0 Å². The lowest BCUT2D eigenvalue weighted by atomic mass is 10.2. The highest BCUT2D eigenvalue weighted by Crippen LogP contribution is 2.14. The van der Waals surface area contributed by atoms with Crippen molar-refractivity contribution in [2.24, 2.45) is 0 Å². The van der Waals surface area contributed by atoms with Crippen LogP contribution in [0.25, 0.3) is 0 Å². The van der Waals surface area contributed by atoms with Crippen LogP contribution in [0.15, 0.2) is 0 Å². The van der Waals surface area contributed by atoms with Crippen molar-refractivity contribution >= 4 is 11.8 Å². The predicted molar refractivity (Wildman–Crippen MR) is 67.9 cm³/mol. The standard InChI is InChI=1S/C12H23N3O3/c1-8(9(2)16)14-11(17)7-13-12(18)10-5-4-6-15(10)3/h8-10,16H,4-7H2,1-3H3,(H,13,18)(H,14,17). The molecule has 0 aliphatic carbocycles. The normalized spacial score (nSPS) is 23.4. The van der Waals surface area contributed by atoms with Gasteiger partial charge in [-0.25, -0.2) is 0 Å². The number of nitrogens with one attached hydrogen (secondary N) is 2. The summed E-state index contributed by atoms with van der Waals surface area (Å²) in [6.07, 6.45) is 1.25. The number of carbonyl (C=O) groups is 2. The van der Waals surface area contributed by atoms with E-state index in [1.54, 1.807) is 13.8 Å². The van der Waals surface area contributed by atoms with Gasteiger partial charge in [0.15, 0.2) is 0 Å². The van der Waals surface area contributed by atoms with Crippen LogP contribution in [0.3, 0.4) is 0 Å². The number of likely N-dealkylation sites (tertiary alicyclic amines) is 1. The van der Waals surface area contributed by atoms with E-state index in [-0.39, 0.29) is 30.4 Å². The zero-order valence-electron chi connectivity index (χ0n) is 11.3. The molecule has 1 rings (SSSR count). The van der Waals surface area contributed by atoms with E-state index in [9.17, 15) is 14.7 Å². The summed E-state index contributed by atoms with van der Waals surface area (Å²) < 4.78 is 0. The van der Waals surface area contributed by atoms with Crippen LogP contribution >= 0.6 is 0 Å². The Morgan fingerprint density at radius 3 is 2.61 bits per heavy atom. The average molecular weight is 257 g/mol. The third kappa shape index (κ3) is 4.27. The molecule has 3 atom stereocenters. The van der Waals surface area contributed by atoms with Crippen molar-refractivity contribution in [3.63, 3.8) is 0 Å². The minimum Gasteiger partial charge on any atom is -0.391 e. The van der Waals surface area contributed by atoms with Crippen LogP contribution in [0.2, 0.25) is 0 Å². The largest absolute Gasteiger partial charge is 0.391 e. The molecule has 0 bridgehead atoms. The van der Waals surface area contributed by atoms with Gasteiger partial charge < -0.3 is 15.7 Å². The summed E-state index contributed by atoms with van der Waals surface area (Å²) in [4.78, 5) is 25.3. The van der Waals surface area contributed by atoms with Gasteiger partial charge in [0.2, 0.25) is 11.8 Å². The second-order valence-corrected chi connectivity index (χ2v) is 4.95. The summed E-state index contributed by atoms with van der Waals surface area (Å²) >= 11 is 0. The highest BCUT2D eigenvalue weighted by Gasteiger charge is 2.27. The Kier molecular flexibility index (Phi) is 5.55. The lowest BCUT2D eigenvalue weighted by Gasteiger charge is -2.20. The number of carbonyl (C=O) groups excluding carboxylic acids is 2. The Morgan fingerprint density at radius 2 is 2.11 bits per heavy atom. The summed E-state index contributed by atoms with van der Waals surface area (Å²) in [6.45, 7) is 4.20. The molecule has 0 aromatic heterocycles. The number of nitrogens with zero attached hydrogens (tertiary/aromatic N) is 1. The number of aliphatic hydroxyl groups excluding tert-OH is 1. The van der Waals surface area contributed by atoms with E-state index in [0.717, 1.165) is 19.4 Å². The number of amides is 2. The van der Waals surface area contributed by atoms with Gasteiger partial charge in [0.1, 0.15) is 0 Å². The maximum absolute atomic E-state index is 11.8. The van der Waals surface area contributed by atoms with Crippen molar-refractivity contribution in [1.82, 2.24) is 15.5 Å². The van der Waals surface area contributed by atoms with E-state index >= 15 is 0 Å². The Hall–Kier alpha value is -1.14. The van der Waals surface area contributed by atoms with Crippen molar-refractivity contribution in [1.29, 1.82) is 0 Å². The molecular formula is C12H23N3O3. The Balaban J connectivity index is 2.28. The fraction of sp³-hybridized carbons (Fsp3) is 0.833. The molecule has 104 valence electrons. The molecule has 3 N–H and O–H groups in total. The lowest BCUT2D eigenvalue weighted by Crippen LogP contribution is -2.48. The van der Waals surface area contributed by atoms with Crippen LogP contribution in [0.4, 0.5) is 0 Å². The molecule has 18 heavy (non-hydrogen) atoms. The first kappa shape index (κ1) is 14.9. The summed E-state index contributed by atoms with van der Waals surface area (Å²) in [7, 11) is 1.91. The molecule has 1 fully saturated rings. The molecule has 3 unspecified atom stereocenters. The fourth-order valence-corrected chi connectivity index (χ4v) is 1.95. The molecule has 0 aromatic rings. The Morgan fingerprint density at radius 1 is 1.44 bits per heavy atom. The smallest absolute Gasteiger partial charge is 0.239 e. The van der Waals surface area contributed by atoms with Crippen LogP contribution in [0, 0.1) is 0 Å². The van der Waals surface area contributed by atoms with E-state index in [1.165, 1.54) is 0 Å². The van der Waals surface area contributed by atoms with Crippen LogP contribution in [0.1, 0.15) is 26.7 Å². The molecule has 0 spiro atoms. The van der Waals surface area contributed by atoms with Crippen molar-refractivity contribution in [2.45, 2.75) is 44.9 Å². The van der Waals surface area contributed by atoms with Gasteiger partial charge >= 0.3 is 0 Å². The zero-order chi connectivity index (χ0) is 13.7. The van der Waals surface area contributed by atoms with E-state index in [0.29, 0.717) is 0 Å². The monoisotopic (exact) mass is 257 g/mol. The minimum atomic E-state index is -0.606. The van der Waals surface area contributed by atoms with Gasteiger partial charge in [0.05, 0.1) is 24.7 Å². The summed E-state index contributed by atoms with van der Waals surface area (Å²) in [5.41, 5.74) is 0. The second-order valence-electron chi connectivity index (χ2n) is 4.95. The van der Waals surface area contributed by atoms with Crippen LogP contribution in [-0.4, -0.2) is 60.1 Å². The SMILES string of the molecule is CC(O)C(C)NC(=O)CNC(=O)C1CCCN1C. The van der Waals surface area contributed by atoms with Crippen molar-refractivity contribution in [3.8, 4) is 0 Å². The molecule has 6 nitrogen and oxygen atoms in total. The predicted octanol–water partition coefficient (Wildman–Crippen LogP) is -0.918. The van der Waals surface area contributed by atoms with Crippen LogP contribution < -0.4 is 10.6 Å². The van der Waals surface area contributed by atoms with Crippen molar-refractivity contribution < 1.29 is 14.7 Å². The highest BCUT2D eigenvalue weighted by atomic mass is 16.3. The molecule has 1 heterocycles. The second kappa shape index (κ2) is 6.70. The zero-order valence-corrected chi connectivity index (χ0v) is 11.3. The van der Waals surface area contributed by atoms with E-state index < -0.39 is 6.10 Å². The van der Waals surface area contributed by atoms with Gasteiger partial charge in [0, 0.05) is 0 Å². The molecule has 0 saturated carbocycles. The number of rotatable bonds is 5. The molecule has 2 amide bonds. The van der Waals surface area contributed by atoms with Crippen molar-refractivity contribution in [3.05, 3.63) is 0 Å². The Bertz CT molecular complexity index is 307. The van der Waals surface area contributed by atoms with Gasteiger partial charge in [-0.3, -0.25) is 14.5 Å². The van der Waals surface area contributed by atoms with Gasteiger partial charge in [-0.05, 0) is 40.3 Å². The van der Waals surface area contributed by atoms with Gasteiger partial charge in [-0.1, -0.05) is 0 Å². The molecule has 1 aliphatic rings. The first-order valence-corrected chi connectivity index (χ1v) is 6.37. The number of likely N-dealkylation sites (N-methyl/N-ethyl adjacent to an activating group) is 1. The third-order valence-corrected chi connectivity index (χ3v) is 3.36. The summed E-state index contributed by atoms with van der Waals surface area (Å²) in [5, 5.41) is 14.5. The fourth-order valence-electron chi connectivity index (χ4n) is 1.95. The Labute approximate surface area is 108 Å². The first-order chi connectivity index (χ1) is 8.41. The summed E-state index contributed by atoms with van der Waals surface area (Å²) in [5.74, 6) is -0.382. The minimum absolute atomic E-state index is 0.0414. The first-order valence-electron chi connectivity index (χ1n) is 6.37. The topological polar surface area (TPSA) is 81.7 Å². The lowest BCUT2D eigenvalue weighted by molar-refractivity contribution is -0.129. The number of hydrogen-bond acceptors (Lipinski definition) is 4. The third-order valence-electron chi connectivity index (χ3n) is 3.36. The average Bonchev–Trinajstić information content (AvgIpc) is 2.72. The maximum atomic E-state index is 11.8. The number of aliphatic hydroxyl groups is 1. The molecular weight excluding hydrogens is 234 g/mol. The van der Waals surface area contributed by atoms with Crippen molar-refractivity contribution in [2.75, 3.05) is 20.1 Å². The van der Waals surface area contributed by atoms with Gasteiger partial charge in [-0.2, -0.15) is 0 Å². The van der Waals surface area contributed by atoms with E-state index in [2.05, 4.69) is 10.6 Å². The van der Waals surface area contributed by atoms with E-state index in [1.807, 2.05) is 11.9 Å². The molecule has 0 aromatic carbocycles. The van der Waals surface area contributed by atoms with Crippen LogP contribution in [-0.2, 0) is 9.59 Å². The molecule has 1 aliphatic heterocycles. The maximum Gasteiger partial charge on any atom is 0.239 e. The quantitative estimate of drug-likeness (QED) is 0.595. The molecule has 6 heteroatoms. The molecule has 0 radical (unpaired) electrons. The van der Waals surface area contributed by atoms with E-state index in [4.69, 9.17) is 0 Å². The molecule has 1 saturated heterocycles. The highest BCUT2D eigenvalue weighted by molar-refractivity contribution is 5.87. The summed E-state index contributed by atoms with van der Waals surface area (Å²) in [6, 6.07) is -0.435.